The predicted octanol–water partition coefficient (Wildman–Crippen LogP) is 4.05. The first-order valence-electron chi connectivity index (χ1n) is 12.3. The van der Waals surface area contributed by atoms with E-state index < -0.39 is 22.0 Å². The number of hydrogen-bond acceptors (Lipinski definition) is 4. The highest BCUT2D eigenvalue weighted by Crippen LogP contribution is 2.24. The number of carbonyl (C=O) groups excluding carboxylic acids is 2. The van der Waals surface area contributed by atoms with Crippen molar-refractivity contribution in [2.75, 3.05) is 23.7 Å². The van der Waals surface area contributed by atoms with Gasteiger partial charge in [-0.3, -0.25) is 13.9 Å². The lowest BCUT2D eigenvalue weighted by molar-refractivity contribution is -0.140. The topological polar surface area (TPSA) is 86.8 Å². The summed E-state index contributed by atoms with van der Waals surface area (Å²) in [5, 5.41) is 2.93. The Morgan fingerprint density at radius 3 is 2.23 bits per heavy atom. The molecule has 1 unspecified atom stereocenters. The Morgan fingerprint density at radius 2 is 1.66 bits per heavy atom. The van der Waals surface area contributed by atoms with Crippen LogP contribution in [0.4, 0.5) is 5.69 Å². The summed E-state index contributed by atoms with van der Waals surface area (Å²) in [4.78, 5) is 28.3. The molecule has 1 atom stereocenters. The largest absolute Gasteiger partial charge is 0.354 e. The van der Waals surface area contributed by atoms with Crippen molar-refractivity contribution in [3.8, 4) is 0 Å². The summed E-state index contributed by atoms with van der Waals surface area (Å²) in [7, 11) is -3.74. The van der Waals surface area contributed by atoms with Gasteiger partial charge < -0.3 is 10.2 Å². The van der Waals surface area contributed by atoms with Gasteiger partial charge in [0.25, 0.3) is 0 Å². The lowest BCUT2D eigenvalue weighted by Crippen LogP contribution is -2.52. The molecule has 0 spiro atoms. The van der Waals surface area contributed by atoms with Crippen LogP contribution < -0.4 is 9.62 Å². The second-order valence-corrected chi connectivity index (χ2v) is 10.7. The number of carbonyl (C=O) groups is 2. The average Bonchev–Trinajstić information content (AvgIpc) is 2.83. The molecule has 0 fully saturated rings. The first-order chi connectivity index (χ1) is 16.6. The Bertz CT molecular complexity index is 1080. The first-order valence-corrected chi connectivity index (χ1v) is 14.1. The maximum atomic E-state index is 13.7. The third-order valence-corrected chi connectivity index (χ3v) is 7.14. The number of nitrogens with one attached hydrogen (secondary N) is 1. The van der Waals surface area contributed by atoms with Crippen LogP contribution in [0.15, 0.2) is 48.5 Å². The van der Waals surface area contributed by atoms with Crippen molar-refractivity contribution in [2.45, 2.75) is 66.0 Å². The van der Waals surface area contributed by atoms with Gasteiger partial charge in [0.05, 0.1) is 11.9 Å². The van der Waals surface area contributed by atoms with E-state index in [1.54, 1.807) is 12.1 Å². The monoisotopic (exact) mass is 501 g/mol. The number of nitrogens with zero attached hydrogens (tertiary/aromatic N) is 2. The lowest BCUT2D eigenvalue weighted by Gasteiger charge is -2.33. The zero-order chi connectivity index (χ0) is 26.0. The third-order valence-electron chi connectivity index (χ3n) is 6.01. The predicted molar refractivity (Wildman–Crippen MR) is 142 cm³/mol. The maximum Gasteiger partial charge on any atom is 0.244 e. The zero-order valence-electron chi connectivity index (χ0n) is 21.6. The van der Waals surface area contributed by atoms with Crippen LogP contribution >= 0.6 is 0 Å². The van der Waals surface area contributed by atoms with Gasteiger partial charge in [-0.05, 0) is 43.4 Å². The molecule has 0 saturated heterocycles. The minimum absolute atomic E-state index is 0.214. The average molecular weight is 502 g/mol. The van der Waals surface area contributed by atoms with Gasteiger partial charge in [0.1, 0.15) is 12.6 Å². The van der Waals surface area contributed by atoms with E-state index in [1.165, 1.54) is 4.90 Å². The number of amides is 2. The Labute approximate surface area is 210 Å². The standard InChI is InChI=1S/C27H39N3O4S/c1-6-9-18-28-27(32)24(8-3)29(19-22-16-14-21(4)15-17-22)26(31)20-30(35(5,33)34)25-13-11-10-12-23(25)7-2/h10-17,24H,6-9,18-20H2,1-5H3,(H,28,32). The molecule has 2 rings (SSSR count). The molecule has 2 amide bonds. The fourth-order valence-corrected chi connectivity index (χ4v) is 4.84. The molecule has 0 aromatic heterocycles. The number of para-hydroxylation sites is 1. The summed E-state index contributed by atoms with van der Waals surface area (Å²) in [6.07, 6.45) is 3.94. The maximum absolute atomic E-state index is 13.7. The van der Waals surface area contributed by atoms with E-state index in [-0.39, 0.29) is 19.0 Å². The van der Waals surface area contributed by atoms with Gasteiger partial charge in [0.15, 0.2) is 0 Å². The molecule has 0 aliphatic carbocycles. The zero-order valence-corrected chi connectivity index (χ0v) is 22.4. The fourth-order valence-electron chi connectivity index (χ4n) is 3.96. The smallest absolute Gasteiger partial charge is 0.244 e. The summed E-state index contributed by atoms with van der Waals surface area (Å²) in [6.45, 7) is 8.21. The van der Waals surface area contributed by atoms with E-state index in [0.717, 1.165) is 40.1 Å². The quantitative estimate of drug-likeness (QED) is 0.420. The summed E-state index contributed by atoms with van der Waals surface area (Å²) >= 11 is 0. The van der Waals surface area contributed by atoms with Gasteiger partial charge in [-0.2, -0.15) is 0 Å². The lowest BCUT2D eigenvalue weighted by atomic mass is 10.1. The van der Waals surface area contributed by atoms with Crippen LogP contribution in [0.1, 0.15) is 56.7 Å². The Balaban J connectivity index is 2.43. The van der Waals surface area contributed by atoms with Gasteiger partial charge in [0, 0.05) is 13.1 Å². The SMILES string of the molecule is CCCCNC(=O)C(CC)N(Cc1ccc(C)cc1)C(=O)CN(c1ccccc1CC)S(C)(=O)=O. The molecule has 192 valence electrons. The molecule has 0 radical (unpaired) electrons. The van der Waals surface area contributed by atoms with Crippen LogP contribution in [0.25, 0.3) is 0 Å². The summed E-state index contributed by atoms with van der Waals surface area (Å²) in [6, 6.07) is 14.3. The fraction of sp³-hybridized carbons (Fsp3) is 0.481. The molecule has 0 aliphatic rings. The number of benzene rings is 2. The molecule has 2 aromatic carbocycles. The van der Waals surface area contributed by atoms with Crippen LogP contribution in [0.5, 0.6) is 0 Å². The van der Waals surface area contributed by atoms with Crippen molar-refractivity contribution in [3.05, 3.63) is 65.2 Å². The molecular weight excluding hydrogens is 462 g/mol. The van der Waals surface area contributed by atoms with Crippen LogP contribution in [-0.2, 0) is 32.6 Å². The second kappa shape index (κ2) is 13.3. The van der Waals surface area contributed by atoms with Crippen molar-refractivity contribution < 1.29 is 18.0 Å². The van der Waals surface area contributed by atoms with E-state index in [1.807, 2.05) is 64.1 Å². The normalized spacial score (nSPS) is 12.1. The molecule has 0 aliphatic heterocycles. The molecule has 0 bridgehead atoms. The van der Waals surface area contributed by atoms with Gasteiger partial charge in [-0.1, -0.05) is 75.2 Å². The first kappa shape index (κ1) is 28.4. The number of rotatable bonds is 13. The van der Waals surface area contributed by atoms with Gasteiger partial charge >= 0.3 is 0 Å². The van der Waals surface area contributed by atoms with Crippen molar-refractivity contribution >= 4 is 27.5 Å². The van der Waals surface area contributed by atoms with E-state index in [2.05, 4.69) is 5.32 Å². The van der Waals surface area contributed by atoms with Crippen LogP contribution in [0.3, 0.4) is 0 Å². The van der Waals surface area contributed by atoms with Gasteiger partial charge in [0.2, 0.25) is 21.8 Å². The van der Waals surface area contributed by atoms with Crippen molar-refractivity contribution in [2.24, 2.45) is 0 Å². The van der Waals surface area contributed by atoms with Crippen molar-refractivity contribution in [1.82, 2.24) is 10.2 Å². The second-order valence-electron chi connectivity index (χ2n) is 8.83. The molecule has 1 N–H and O–H groups in total. The molecule has 0 saturated carbocycles. The number of hydrogen-bond donors (Lipinski definition) is 1. The Hall–Kier alpha value is -2.87. The van der Waals surface area contributed by atoms with E-state index >= 15 is 0 Å². The van der Waals surface area contributed by atoms with Crippen molar-refractivity contribution in [1.29, 1.82) is 0 Å². The minimum atomic E-state index is -3.74. The van der Waals surface area contributed by atoms with E-state index in [0.29, 0.717) is 25.1 Å². The molecule has 0 heterocycles. The Morgan fingerprint density at radius 1 is 1.00 bits per heavy atom. The summed E-state index contributed by atoms with van der Waals surface area (Å²) < 4.78 is 26.7. The third kappa shape index (κ3) is 8.09. The Kier molecular flexibility index (Phi) is 10.8. The highest BCUT2D eigenvalue weighted by Gasteiger charge is 2.32. The molecule has 7 nitrogen and oxygen atoms in total. The number of unbranched alkanes of at least 4 members (excludes halogenated alkanes) is 1. The molecule has 8 heteroatoms. The van der Waals surface area contributed by atoms with Crippen LogP contribution in [0.2, 0.25) is 0 Å². The van der Waals surface area contributed by atoms with E-state index in [9.17, 15) is 18.0 Å². The highest BCUT2D eigenvalue weighted by molar-refractivity contribution is 7.92. The minimum Gasteiger partial charge on any atom is -0.354 e. The van der Waals surface area contributed by atoms with E-state index in [4.69, 9.17) is 0 Å². The highest BCUT2D eigenvalue weighted by atomic mass is 32.2. The van der Waals surface area contributed by atoms with Gasteiger partial charge in [-0.15, -0.1) is 0 Å². The van der Waals surface area contributed by atoms with Crippen LogP contribution in [-0.4, -0.2) is 50.5 Å². The number of sulfonamides is 1. The molecule has 35 heavy (non-hydrogen) atoms. The number of aryl methyl sites for hydroxylation is 2. The molecular formula is C27H39N3O4S. The summed E-state index contributed by atoms with van der Waals surface area (Å²) in [5.41, 5.74) is 3.29. The van der Waals surface area contributed by atoms with Crippen molar-refractivity contribution in [3.63, 3.8) is 0 Å². The van der Waals surface area contributed by atoms with Crippen LogP contribution in [0, 0.1) is 6.92 Å². The number of anilines is 1. The molecule has 2 aromatic rings. The summed E-state index contributed by atoms with van der Waals surface area (Å²) in [5.74, 6) is -0.638. The van der Waals surface area contributed by atoms with Gasteiger partial charge in [-0.25, -0.2) is 8.42 Å².